The van der Waals surface area contributed by atoms with Gasteiger partial charge in [0.05, 0.1) is 0 Å². The van der Waals surface area contributed by atoms with Gasteiger partial charge in [0.15, 0.2) is 5.78 Å². The van der Waals surface area contributed by atoms with Crippen molar-refractivity contribution in [1.29, 1.82) is 0 Å². The molecule has 0 saturated heterocycles. The average Bonchev–Trinajstić information content (AvgIpc) is 2.65. The molecule has 0 spiro atoms. The highest BCUT2D eigenvalue weighted by Crippen LogP contribution is 2.22. The summed E-state index contributed by atoms with van der Waals surface area (Å²) < 4.78 is 1.56. The van der Waals surface area contributed by atoms with Crippen molar-refractivity contribution in [2.24, 2.45) is 7.05 Å². The lowest BCUT2D eigenvalue weighted by Gasteiger charge is -1.99. The van der Waals surface area contributed by atoms with Gasteiger partial charge in [0.1, 0.15) is 5.03 Å². The number of pyridine rings is 1. The summed E-state index contributed by atoms with van der Waals surface area (Å²) >= 11 is 1.35. The fraction of sp³-hybridized carbons (Fsp3) is 0.222. The quantitative estimate of drug-likeness (QED) is 0.738. The maximum absolute atomic E-state index is 11.0. The molecule has 7 heteroatoms. The molecule has 0 bridgehead atoms. The fourth-order valence-corrected chi connectivity index (χ4v) is 1.72. The lowest BCUT2D eigenvalue weighted by Crippen LogP contribution is -1.95. The van der Waals surface area contributed by atoms with Crippen molar-refractivity contribution >= 4 is 17.5 Å². The number of Topliss-reactive ketones (excluding diaryl/α,β-unsaturated/α-hetero) is 1. The van der Waals surface area contributed by atoms with Crippen LogP contribution in [0.15, 0.2) is 28.5 Å². The lowest BCUT2D eigenvalue weighted by atomic mass is 10.2. The van der Waals surface area contributed by atoms with Gasteiger partial charge in [-0.3, -0.25) is 4.79 Å². The van der Waals surface area contributed by atoms with Crippen molar-refractivity contribution in [2.75, 3.05) is 0 Å². The van der Waals surface area contributed by atoms with Crippen LogP contribution in [0.25, 0.3) is 0 Å². The minimum Gasteiger partial charge on any atom is -0.294 e. The number of aromatic nitrogens is 5. The monoisotopic (exact) mass is 235 g/mol. The number of aryl methyl sites for hydroxylation is 1. The number of hydrogen-bond acceptors (Lipinski definition) is 6. The minimum atomic E-state index is 0.00405. The molecule has 2 aromatic heterocycles. The van der Waals surface area contributed by atoms with Crippen molar-refractivity contribution in [3.63, 3.8) is 0 Å². The van der Waals surface area contributed by atoms with Crippen LogP contribution in [-0.2, 0) is 7.05 Å². The molecule has 0 aliphatic rings. The van der Waals surface area contributed by atoms with Gasteiger partial charge in [-0.2, -0.15) is 0 Å². The Balaban J connectivity index is 2.17. The second-order valence-corrected chi connectivity index (χ2v) is 4.12. The molecule has 0 fully saturated rings. The first-order chi connectivity index (χ1) is 7.66. The van der Waals surface area contributed by atoms with Gasteiger partial charge in [0.25, 0.3) is 0 Å². The molecule has 0 atom stereocenters. The second-order valence-electron chi connectivity index (χ2n) is 3.13. The van der Waals surface area contributed by atoms with Crippen LogP contribution in [0.2, 0.25) is 0 Å². The minimum absolute atomic E-state index is 0.00405. The highest BCUT2D eigenvalue weighted by molar-refractivity contribution is 7.99. The Morgan fingerprint density at radius 1 is 1.44 bits per heavy atom. The van der Waals surface area contributed by atoms with Gasteiger partial charge >= 0.3 is 0 Å². The van der Waals surface area contributed by atoms with Crippen molar-refractivity contribution < 1.29 is 4.79 Å². The van der Waals surface area contributed by atoms with Crippen LogP contribution < -0.4 is 0 Å². The number of rotatable bonds is 3. The van der Waals surface area contributed by atoms with Gasteiger partial charge in [-0.05, 0) is 41.2 Å². The molecule has 0 unspecified atom stereocenters. The number of ketones is 1. The molecule has 0 aliphatic carbocycles. The smallest absolute Gasteiger partial charge is 0.215 e. The Bertz CT molecular complexity index is 507. The van der Waals surface area contributed by atoms with E-state index in [0.29, 0.717) is 10.7 Å². The third-order valence-electron chi connectivity index (χ3n) is 1.92. The van der Waals surface area contributed by atoms with E-state index in [1.54, 1.807) is 30.1 Å². The summed E-state index contributed by atoms with van der Waals surface area (Å²) in [5.41, 5.74) is 0.598. The fourth-order valence-electron chi connectivity index (χ4n) is 1.05. The normalized spacial score (nSPS) is 10.4. The summed E-state index contributed by atoms with van der Waals surface area (Å²) in [6.45, 7) is 1.51. The molecule has 0 aromatic carbocycles. The summed E-state index contributed by atoms with van der Waals surface area (Å²) in [4.78, 5) is 15.2. The Kier molecular flexibility index (Phi) is 2.95. The van der Waals surface area contributed by atoms with Gasteiger partial charge in [-0.25, -0.2) is 9.67 Å². The Morgan fingerprint density at radius 3 is 2.75 bits per heavy atom. The largest absolute Gasteiger partial charge is 0.294 e. The van der Waals surface area contributed by atoms with E-state index in [1.165, 1.54) is 18.7 Å². The summed E-state index contributed by atoms with van der Waals surface area (Å²) in [5, 5.41) is 12.5. The summed E-state index contributed by atoms with van der Waals surface area (Å²) in [5.74, 6) is 0.00405. The van der Waals surface area contributed by atoms with Crippen LogP contribution in [0.1, 0.15) is 17.3 Å². The molecule has 2 heterocycles. The zero-order valence-electron chi connectivity index (χ0n) is 8.78. The Hall–Kier alpha value is -1.76. The highest BCUT2D eigenvalue weighted by atomic mass is 32.2. The van der Waals surface area contributed by atoms with E-state index in [2.05, 4.69) is 20.5 Å². The zero-order chi connectivity index (χ0) is 11.5. The topological polar surface area (TPSA) is 73.6 Å². The van der Waals surface area contributed by atoms with Crippen LogP contribution in [0, 0.1) is 0 Å². The van der Waals surface area contributed by atoms with E-state index in [9.17, 15) is 4.79 Å². The van der Waals surface area contributed by atoms with Crippen LogP contribution >= 0.6 is 11.8 Å². The standard InChI is InChI=1S/C9H9N5OS/c1-6(15)7-3-4-8(10-5-7)16-9-11-12-13-14(9)2/h3-5H,1-2H3. The van der Waals surface area contributed by atoms with Crippen molar-refractivity contribution in [3.05, 3.63) is 23.9 Å². The predicted octanol–water partition coefficient (Wildman–Crippen LogP) is 0.959. The van der Waals surface area contributed by atoms with E-state index >= 15 is 0 Å². The molecule has 6 nitrogen and oxygen atoms in total. The molecular weight excluding hydrogens is 226 g/mol. The number of carbonyl (C=O) groups excluding carboxylic acids is 1. The lowest BCUT2D eigenvalue weighted by molar-refractivity contribution is 0.101. The zero-order valence-corrected chi connectivity index (χ0v) is 9.60. The van der Waals surface area contributed by atoms with Crippen molar-refractivity contribution in [2.45, 2.75) is 17.1 Å². The highest BCUT2D eigenvalue weighted by Gasteiger charge is 2.06. The number of tetrazole rings is 1. The molecule has 0 radical (unpaired) electrons. The third kappa shape index (κ3) is 2.25. The maximum Gasteiger partial charge on any atom is 0.215 e. The summed E-state index contributed by atoms with van der Waals surface area (Å²) in [6, 6.07) is 3.51. The van der Waals surface area contributed by atoms with Crippen LogP contribution in [0.4, 0.5) is 0 Å². The van der Waals surface area contributed by atoms with Gasteiger partial charge < -0.3 is 0 Å². The maximum atomic E-state index is 11.0. The number of hydrogen-bond donors (Lipinski definition) is 0. The van der Waals surface area contributed by atoms with Crippen LogP contribution in [0.3, 0.4) is 0 Å². The van der Waals surface area contributed by atoms with Crippen molar-refractivity contribution in [1.82, 2.24) is 25.2 Å². The van der Waals surface area contributed by atoms with E-state index in [-0.39, 0.29) is 5.78 Å². The number of nitrogens with zero attached hydrogens (tertiary/aromatic N) is 5. The third-order valence-corrected chi connectivity index (χ3v) is 2.90. The number of carbonyl (C=O) groups is 1. The van der Waals surface area contributed by atoms with Crippen molar-refractivity contribution in [3.8, 4) is 0 Å². The first kappa shape index (κ1) is 10.7. The first-order valence-corrected chi connectivity index (χ1v) is 5.35. The molecule has 16 heavy (non-hydrogen) atoms. The molecule has 2 rings (SSSR count). The van der Waals surface area contributed by atoms with Gasteiger partial charge in [-0.1, -0.05) is 0 Å². The summed E-state index contributed by atoms with van der Waals surface area (Å²) in [6.07, 6.45) is 1.55. The molecule has 0 saturated carbocycles. The SMILES string of the molecule is CC(=O)c1ccc(Sc2nnnn2C)nc1. The Morgan fingerprint density at radius 2 is 2.25 bits per heavy atom. The van der Waals surface area contributed by atoms with E-state index in [0.717, 1.165) is 5.03 Å². The predicted molar refractivity (Wildman–Crippen MR) is 57.2 cm³/mol. The first-order valence-electron chi connectivity index (χ1n) is 4.54. The molecule has 0 aliphatic heterocycles. The molecule has 2 aromatic rings. The van der Waals surface area contributed by atoms with E-state index < -0.39 is 0 Å². The van der Waals surface area contributed by atoms with E-state index in [1.807, 2.05) is 0 Å². The van der Waals surface area contributed by atoms with Gasteiger partial charge in [0, 0.05) is 18.8 Å². The van der Waals surface area contributed by atoms with Gasteiger partial charge in [0.2, 0.25) is 5.16 Å². The molecule has 0 N–H and O–H groups in total. The van der Waals surface area contributed by atoms with Crippen LogP contribution in [0.5, 0.6) is 0 Å². The molecule has 0 amide bonds. The summed E-state index contributed by atoms with van der Waals surface area (Å²) in [7, 11) is 1.76. The van der Waals surface area contributed by atoms with Gasteiger partial charge in [-0.15, -0.1) is 5.10 Å². The van der Waals surface area contributed by atoms with Crippen LogP contribution in [-0.4, -0.2) is 31.0 Å². The average molecular weight is 235 g/mol. The second kappa shape index (κ2) is 4.40. The molecule has 82 valence electrons. The van der Waals surface area contributed by atoms with E-state index in [4.69, 9.17) is 0 Å². The molecular formula is C9H9N5OS. The Labute approximate surface area is 96.1 Å².